The van der Waals surface area contributed by atoms with Crippen LogP contribution in [-0.2, 0) is 28.6 Å². The van der Waals surface area contributed by atoms with Crippen LogP contribution in [0, 0.1) is 11.8 Å². The van der Waals surface area contributed by atoms with Crippen LogP contribution in [0.1, 0.15) is 343 Å². The van der Waals surface area contributed by atoms with Crippen molar-refractivity contribution in [1.29, 1.82) is 0 Å². The number of hydrogen-bond donors (Lipinski definition) is 0. The first-order valence-corrected chi connectivity index (χ1v) is 30.2. The van der Waals surface area contributed by atoms with Crippen molar-refractivity contribution in [1.82, 2.24) is 0 Å². The Morgan fingerprint density at radius 3 is 0.731 bits per heavy atom. The molecule has 0 spiro atoms. The van der Waals surface area contributed by atoms with Gasteiger partial charge in [0, 0.05) is 19.3 Å². The highest BCUT2D eigenvalue weighted by Crippen LogP contribution is 2.18. The van der Waals surface area contributed by atoms with Gasteiger partial charge in [0.05, 0.1) is 0 Å². The van der Waals surface area contributed by atoms with E-state index in [4.69, 9.17) is 14.2 Å². The van der Waals surface area contributed by atoms with E-state index in [1.54, 1.807) is 0 Å². The van der Waals surface area contributed by atoms with Crippen LogP contribution in [-0.4, -0.2) is 37.2 Å². The molecule has 0 aromatic rings. The van der Waals surface area contributed by atoms with Crippen molar-refractivity contribution in [2.24, 2.45) is 11.8 Å². The van der Waals surface area contributed by atoms with Crippen LogP contribution in [0.15, 0.2) is 0 Å². The fourth-order valence-corrected chi connectivity index (χ4v) is 9.40. The van der Waals surface area contributed by atoms with Crippen molar-refractivity contribution >= 4 is 17.9 Å². The maximum absolute atomic E-state index is 12.9. The number of unbranched alkanes of at least 4 members (excludes halogenated alkanes) is 40. The van der Waals surface area contributed by atoms with Gasteiger partial charge >= 0.3 is 17.9 Å². The van der Waals surface area contributed by atoms with Crippen LogP contribution in [0.4, 0.5) is 0 Å². The van der Waals surface area contributed by atoms with Crippen LogP contribution < -0.4 is 0 Å². The Hall–Kier alpha value is -1.59. The number of esters is 3. The summed E-state index contributed by atoms with van der Waals surface area (Å²) in [6.45, 7) is 11.4. The largest absolute Gasteiger partial charge is 0.462 e. The molecule has 0 aliphatic rings. The van der Waals surface area contributed by atoms with Gasteiger partial charge in [0.2, 0.25) is 0 Å². The number of ether oxygens (including phenoxy) is 3. The molecule has 0 N–H and O–H groups in total. The molecular formula is C61H118O6. The number of rotatable bonds is 55. The zero-order chi connectivity index (χ0) is 48.9. The topological polar surface area (TPSA) is 78.9 Å². The van der Waals surface area contributed by atoms with Gasteiger partial charge in [-0.15, -0.1) is 0 Å². The van der Waals surface area contributed by atoms with E-state index in [1.165, 1.54) is 231 Å². The highest BCUT2D eigenvalue weighted by Gasteiger charge is 2.19. The molecule has 0 saturated carbocycles. The van der Waals surface area contributed by atoms with Crippen molar-refractivity contribution in [2.75, 3.05) is 13.2 Å². The highest BCUT2D eigenvalue weighted by atomic mass is 16.6. The summed E-state index contributed by atoms with van der Waals surface area (Å²) in [6.07, 6.45) is 58.1. The summed E-state index contributed by atoms with van der Waals surface area (Å²) >= 11 is 0. The van der Waals surface area contributed by atoms with Crippen LogP contribution in [0.2, 0.25) is 0 Å². The third-order valence-corrected chi connectivity index (χ3v) is 14.0. The molecule has 0 aliphatic carbocycles. The van der Waals surface area contributed by atoms with E-state index >= 15 is 0 Å². The predicted octanol–water partition coefficient (Wildman–Crippen LogP) is 20.0. The Morgan fingerprint density at radius 1 is 0.284 bits per heavy atom. The van der Waals surface area contributed by atoms with Gasteiger partial charge in [-0.3, -0.25) is 14.4 Å². The maximum Gasteiger partial charge on any atom is 0.306 e. The number of carbonyl (C=O) groups excluding carboxylic acids is 3. The second kappa shape index (κ2) is 53.8. The van der Waals surface area contributed by atoms with Gasteiger partial charge in [-0.05, 0) is 31.1 Å². The molecule has 1 atom stereocenters. The molecule has 0 unspecified atom stereocenters. The van der Waals surface area contributed by atoms with Gasteiger partial charge in [0.15, 0.2) is 6.10 Å². The van der Waals surface area contributed by atoms with E-state index in [0.29, 0.717) is 19.3 Å². The first kappa shape index (κ1) is 65.4. The van der Waals surface area contributed by atoms with E-state index < -0.39 is 6.10 Å². The molecule has 0 heterocycles. The van der Waals surface area contributed by atoms with Gasteiger partial charge in [-0.2, -0.15) is 0 Å². The minimum absolute atomic E-state index is 0.0623. The third kappa shape index (κ3) is 55.2. The lowest BCUT2D eigenvalue weighted by molar-refractivity contribution is -0.167. The maximum atomic E-state index is 12.9. The van der Waals surface area contributed by atoms with Crippen LogP contribution in [0.25, 0.3) is 0 Å². The van der Waals surface area contributed by atoms with Gasteiger partial charge in [-0.1, -0.05) is 304 Å². The lowest BCUT2D eigenvalue weighted by atomic mass is 10.0. The first-order chi connectivity index (χ1) is 32.7. The summed E-state index contributed by atoms with van der Waals surface area (Å²) < 4.78 is 16.9. The average Bonchev–Trinajstić information content (AvgIpc) is 3.30. The predicted molar refractivity (Wildman–Crippen MR) is 289 cm³/mol. The second-order valence-corrected chi connectivity index (χ2v) is 21.9. The molecule has 6 heteroatoms. The van der Waals surface area contributed by atoms with Crippen LogP contribution in [0.3, 0.4) is 0 Å². The van der Waals surface area contributed by atoms with E-state index in [-0.39, 0.29) is 31.1 Å². The summed E-state index contributed by atoms with van der Waals surface area (Å²) in [5, 5.41) is 0. The molecule has 67 heavy (non-hydrogen) atoms. The summed E-state index contributed by atoms with van der Waals surface area (Å²) in [5.74, 6) is 0.848. The summed E-state index contributed by atoms with van der Waals surface area (Å²) in [5.41, 5.74) is 0. The third-order valence-electron chi connectivity index (χ3n) is 14.0. The molecule has 0 radical (unpaired) electrons. The molecule has 0 aliphatic heterocycles. The molecule has 0 fully saturated rings. The van der Waals surface area contributed by atoms with E-state index in [9.17, 15) is 14.4 Å². The zero-order valence-corrected chi connectivity index (χ0v) is 46.0. The molecule has 398 valence electrons. The Labute approximate surface area is 418 Å². The van der Waals surface area contributed by atoms with Crippen LogP contribution >= 0.6 is 0 Å². The quantitative estimate of drug-likeness (QED) is 0.0343. The lowest BCUT2D eigenvalue weighted by Gasteiger charge is -2.18. The minimum atomic E-state index is -0.763. The summed E-state index contributed by atoms with van der Waals surface area (Å²) in [6, 6.07) is 0. The molecule has 0 bridgehead atoms. The molecule has 0 amide bonds. The zero-order valence-electron chi connectivity index (χ0n) is 46.0. The van der Waals surface area contributed by atoms with Gasteiger partial charge < -0.3 is 14.2 Å². The summed E-state index contributed by atoms with van der Waals surface area (Å²) in [7, 11) is 0. The number of carbonyl (C=O) groups is 3. The molecule has 6 nitrogen and oxygen atoms in total. The van der Waals surface area contributed by atoms with E-state index in [0.717, 1.165) is 69.6 Å². The SMILES string of the molecule is CCCCCCCCCCCCCCCCCCC(=O)O[C@@H](COC(=O)CCCCCCCCCCCCCCCCCC(C)C)COC(=O)CCCCCCCCCCCCCCC(C)C. The average molecular weight is 948 g/mol. The molecule has 0 aromatic heterocycles. The monoisotopic (exact) mass is 947 g/mol. The van der Waals surface area contributed by atoms with Crippen molar-refractivity contribution in [3.8, 4) is 0 Å². The fourth-order valence-electron chi connectivity index (χ4n) is 9.40. The number of hydrogen-bond acceptors (Lipinski definition) is 6. The van der Waals surface area contributed by atoms with Crippen LogP contribution in [0.5, 0.6) is 0 Å². The Bertz CT molecular complexity index is 1020. The lowest BCUT2D eigenvalue weighted by Crippen LogP contribution is -2.30. The van der Waals surface area contributed by atoms with Gasteiger partial charge in [0.25, 0.3) is 0 Å². The van der Waals surface area contributed by atoms with E-state index in [1.807, 2.05) is 0 Å². The van der Waals surface area contributed by atoms with Gasteiger partial charge in [0.1, 0.15) is 13.2 Å². The van der Waals surface area contributed by atoms with Crippen molar-refractivity contribution in [3.05, 3.63) is 0 Å². The first-order valence-electron chi connectivity index (χ1n) is 30.2. The highest BCUT2D eigenvalue weighted by molar-refractivity contribution is 5.71. The van der Waals surface area contributed by atoms with Crippen molar-refractivity contribution < 1.29 is 28.6 Å². The Balaban J connectivity index is 4.29. The Morgan fingerprint density at radius 2 is 0.493 bits per heavy atom. The van der Waals surface area contributed by atoms with Crippen molar-refractivity contribution in [2.45, 2.75) is 349 Å². The normalized spacial score (nSPS) is 12.0. The molecular weight excluding hydrogens is 829 g/mol. The van der Waals surface area contributed by atoms with E-state index in [2.05, 4.69) is 34.6 Å². The smallest absolute Gasteiger partial charge is 0.306 e. The summed E-state index contributed by atoms with van der Waals surface area (Å²) in [4.78, 5) is 38.2. The standard InChI is InChI=1S/C61H118O6/c1-6-7-8-9-10-11-12-13-14-17-21-28-33-38-43-48-53-61(64)67-58(55-66-60(63)52-47-42-37-32-27-23-22-25-30-35-40-45-50-57(4)5)54-65-59(62)51-46-41-36-31-26-20-18-15-16-19-24-29-34-39-44-49-56(2)3/h56-58H,6-55H2,1-5H3/t58-/m0/s1. The van der Waals surface area contributed by atoms with Gasteiger partial charge in [-0.25, -0.2) is 0 Å². The van der Waals surface area contributed by atoms with Crippen molar-refractivity contribution in [3.63, 3.8) is 0 Å². The fraction of sp³-hybridized carbons (Fsp3) is 0.951. The second-order valence-electron chi connectivity index (χ2n) is 21.9. The molecule has 0 aromatic carbocycles. The molecule has 0 rings (SSSR count). The minimum Gasteiger partial charge on any atom is -0.462 e. The molecule has 0 saturated heterocycles. The Kier molecular flexibility index (Phi) is 52.5.